The Balaban J connectivity index is 1.99. The van der Waals surface area contributed by atoms with E-state index in [1.54, 1.807) is 22.9 Å². The SMILES string of the molecule is CC(C)Cc1nc(C[C@H]2C(=O)NCCN2C(C)C)n(-c2ccccc2F)n1. The fourth-order valence-corrected chi connectivity index (χ4v) is 3.53. The zero-order valence-electron chi connectivity index (χ0n) is 16.4. The number of hydrogen-bond acceptors (Lipinski definition) is 4. The first-order valence-electron chi connectivity index (χ1n) is 9.60. The number of nitrogens with zero attached hydrogens (tertiary/aromatic N) is 4. The van der Waals surface area contributed by atoms with Gasteiger partial charge in [-0.2, -0.15) is 5.10 Å². The summed E-state index contributed by atoms with van der Waals surface area (Å²) in [7, 11) is 0. The topological polar surface area (TPSA) is 63.1 Å². The third-order valence-corrected chi connectivity index (χ3v) is 4.80. The van der Waals surface area contributed by atoms with Crippen LogP contribution < -0.4 is 5.32 Å². The predicted molar refractivity (Wildman–Crippen MR) is 102 cm³/mol. The van der Waals surface area contributed by atoms with E-state index in [2.05, 4.69) is 48.0 Å². The summed E-state index contributed by atoms with van der Waals surface area (Å²) in [4.78, 5) is 19.4. The van der Waals surface area contributed by atoms with Crippen LogP contribution in [0.3, 0.4) is 0 Å². The molecule has 1 amide bonds. The molecule has 2 aromatic rings. The van der Waals surface area contributed by atoms with E-state index in [-0.39, 0.29) is 23.8 Å². The van der Waals surface area contributed by atoms with Crippen LogP contribution in [0.15, 0.2) is 24.3 Å². The number of carbonyl (C=O) groups excluding carboxylic acids is 1. The van der Waals surface area contributed by atoms with Gasteiger partial charge in [-0.15, -0.1) is 0 Å². The highest BCUT2D eigenvalue weighted by atomic mass is 19.1. The van der Waals surface area contributed by atoms with Crippen molar-refractivity contribution in [3.63, 3.8) is 0 Å². The number of aromatic nitrogens is 3. The van der Waals surface area contributed by atoms with E-state index in [1.807, 2.05) is 0 Å². The van der Waals surface area contributed by atoms with Gasteiger partial charge in [0.2, 0.25) is 5.91 Å². The highest BCUT2D eigenvalue weighted by Crippen LogP contribution is 2.19. The van der Waals surface area contributed by atoms with E-state index in [1.165, 1.54) is 6.07 Å². The monoisotopic (exact) mass is 373 g/mol. The summed E-state index contributed by atoms with van der Waals surface area (Å²) in [6.45, 7) is 9.79. The first-order valence-corrected chi connectivity index (χ1v) is 9.60. The lowest BCUT2D eigenvalue weighted by atomic mass is 10.1. The second kappa shape index (κ2) is 8.17. The van der Waals surface area contributed by atoms with Crippen molar-refractivity contribution in [2.75, 3.05) is 13.1 Å². The molecule has 1 N–H and O–H groups in total. The van der Waals surface area contributed by atoms with Gasteiger partial charge in [0.15, 0.2) is 5.82 Å². The van der Waals surface area contributed by atoms with Gasteiger partial charge < -0.3 is 5.32 Å². The second-order valence-corrected chi connectivity index (χ2v) is 7.75. The number of hydrogen-bond donors (Lipinski definition) is 1. The standard InChI is InChI=1S/C20H28FN5O/c1-13(2)11-18-23-19(26(24-18)16-8-6-5-7-15(16)21)12-17-20(27)22-9-10-25(17)14(3)4/h5-8,13-14,17H,9-12H2,1-4H3,(H,22,27)/t17-/m0/s1. The molecule has 7 heteroatoms. The zero-order valence-corrected chi connectivity index (χ0v) is 16.4. The van der Waals surface area contributed by atoms with E-state index in [0.717, 1.165) is 6.54 Å². The number of para-hydroxylation sites is 1. The number of benzene rings is 1. The highest BCUT2D eigenvalue weighted by Gasteiger charge is 2.33. The van der Waals surface area contributed by atoms with E-state index in [4.69, 9.17) is 0 Å². The summed E-state index contributed by atoms with van der Waals surface area (Å²) < 4.78 is 16.0. The van der Waals surface area contributed by atoms with Crippen LogP contribution in [-0.4, -0.2) is 50.7 Å². The Morgan fingerprint density at radius 2 is 2.00 bits per heavy atom. The largest absolute Gasteiger partial charge is 0.353 e. The van der Waals surface area contributed by atoms with Crippen LogP contribution in [0.4, 0.5) is 4.39 Å². The van der Waals surface area contributed by atoms with Gasteiger partial charge in [-0.25, -0.2) is 14.1 Å². The molecule has 2 heterocycles. The van der Waals surface area contributed by atoms with Crippen LogP contribution >= 0.6 is 0 Å². The molecular weight excluding hydrogens is 345 g/mol. The lowest BCUT2D eigenvalue weighted by Crippen LogP contribution is -2.58. The van der Waals surface area contributed by atoms with Crippen molar-refractivity contribution in [1.29, 1.82) is 0 Å². The molecule has 1 aliphatic rings. The van der Waals surface area contributed by atoms with Crippen LogP contribution in [0.1, 0.15) is 39.3 Å². The zero-order chi connectivity index (χ0) is 19.6. The molecule has 6 nitrogen and oxygen atoms in total. The number of rotatable bonds is 6. The first kappa shape index (κ1) is 19.5. The van der Waals surface area contributed by atoms with Crippen LogP contribution in [0.25, 0.3) is 5.69 Å². The average molecular weight is 373 g/mol. The quantitative estimate of drug-likeness (QED) is 0.844. The Bertz CT molecular complexity index is 801. The normalized spacial score (nSPS) is 18.3. The maximum atomic E-state index is 14.4. The molecule has 1 aromatic carbocycles. The van der Waals surface area contributed by atoms with Gasteiger partial charge in [-0.05, 0) is 31.9 Å². The van der Waals surface area contributed by atoms with Crippen molar-refractivity contribution in [2.45, 2.75) is 52.6 Å². The number of halogens is 1. The highest BCUT2D eigenvalue weighted by molar-refractivity contribution is 5.82. The van der Waals surface area contributed by atoms with E-state index in [0.29, 0.717) is 42.6 Å². The van der Waals surface area contributed by atoms with Crippen LogP contribution in [0, 0.1) is 11.7 Å². The third-order valence-electron chi connectivity index (χ3n) is 4.80. The first-order chi connectivity index (χ1) is 12.9. The maximum absolute atomic E-state index is 14.4. The fourth-order valence-electron chi connectivity index (χ4n) is 3.53. The van der Waals surface area contributed by atoms with E-state index >= 15 is 0 Å². The molecule has 1 saturated heterocycles. The average Bonchev–Trinajstić information content (AvgIpc) is 2.98. The Kier molecular flexibility index (Phi) is 5.89. The van der Waals surface area contributed by atoms with Crippen molar-refractivity contribution >= 4 is 5.91 Å². The van der Waals surface area contributed by atoms with Gasteiger partial charge in [0.25, 0.3) is 0 Å². The summed E-state index contributed by atoms with van der Waals surface area (Å²) in [5.74, 6) is 1.32. The van der Waals surface area contributed by atoms with Crippen LogP contribution in [0.2, 0.25) is 0 Å². The minimum Gasteiger partial charge on any atom is -0.353 e. The minimum absolute atomic E-state index is 0.0107. The van der Waals surface area contributed by atoms with Crippen LogP contribution in [0.5, 0.6) is 0 Å². The van der Waals surface area contributed by atoms with Gasteiger partial charge >= 0.3 is 0 Å². The van der Waals surface area contributed by atoms with E-state index in [9.17, 15) is 9.18 Å². The van der Waals surface area contributed by atoms with Crippen molar-refractivity contribution in [2.24, 2.45) is 5.92 Å². The predicted octanol–water partition coefficient (Wildman–Crippen LogP) is 2.36. The van der Waals surface area contributed by atoms with Crippen molar-refractivity contribution < 1.29 is 9.18 Å². The van der Waals surface area contributed by atoms with Gasteiger partial charge in [0.05, 0.1) is 6.04 Å². The second-order valence-electron chi connectivity index (χ2n) is 7.75. The molecule has 27 heavy (non-hydrogen) atoms. The van der Waals surface area contributed by atoms with Gasteiger partial charge in [-0.3, -0.25) is 9.69 Å². The molecule has 0 spiro atoms. The maximum Gasteiger partial charge on any atom is 0.237 e. The summed E-state index contributed by atoms with van der Waals surface area (Å²) in [5, 5.41) is 7.49. The summed E-state index contributed by atoms with van der Waals surface area (Å²) >= 11 is 0. The van der Waals surface area contributed by atoms with Crippen molar-refractivity contribution in [3.05, 3.63) is 41.7 Å². The van der Waals surface area contributed by atoms with Gasteiger partial charge in [0.1, 0.15) is 17.3 Å². The fraction of sp³-hybridized carbons (Fsp3) is 0.550. The number of nitrogens with one attached hydrogen (secondary N) is 1. The molecule has 0 unspecified atom stereocenters. The van der Waals surface area contributed by atoms with Crippen molar-refractivity contribution in [3.8, 4) is 5.69 Å². The Morgan fingerprint density at radius 3 is 2.67 bits per heavy atom. The molecule has 0 radical (unpaired) electrons. The Hall–Kier alpha value is -2.28. The Morgan fingerprint density at radius 1 is 1.26 bits per heavy atom. The van der Waals surface area contributed by atoms with Gasteiger partial charge in [-0.1, -0.05) is 26.0 Å². The van der Waals surface area contributed by atoms with E-state index < -0.39 is 0 Å². The number of amides is 1. The minimum atomic E-state index is -0.353. The van der Waals surface area contributed by atoms with Gasteiger partial charge in [0, 0.05) is 32.0 Å². The van der Waals surface area contributed by atoms with Crippen molar-refractivity contribution in [1.82, 2.24) is 25.0 Å². The molecule has 3 rings (SSSR count). The molecule has 0 bridgehead atoms. The summed E-state index contributed by atoms with van der Waals surface area (Å²) in [6, 6.07) is 6.44. The smallest absolute Gasteiger partial charge is 0.237 e. The lowest BCUT2D eigenvalue weighted by Gasteiger charge is -2.37. The summed E-state index contributed by atoms with van der Waals surface area (Å²) in [5.41, 5.74) is 0.363. The number of piperazine rings is 1. The molecule has 1 aromatic heterocycles. The molecule has 1 atom stereocenters. The molecule has 0 aliphatic carbocycles. The summed E-state index contributed by atoms with van der Waals surface area (Å²) in [6.07, 6.45) is 1.10. The lowest BCUT2D eigenvalue weighted by molar-refractivity contribution is -0.130. The third kappa shape index (κ3) is 4.35. The molecule has 146 valence electrons. The molecule has 0 saturated carbocycles. The molecule has 1 fully saturated rings. The Labute approximate surface area is 159 Å². The van der Waals surface area contributed by atoms with Crippen LogP contribution in [-0.2, 0) is 17.6 Å². The molecular formula is C20H28FN5O. The number of carbonyl (C=O) groups is 1. The molecule has 1 aliphatic heterocycles.